The third-order valence-corrected chi connectivity index (χ3v) is 3.81. The third-order valence-electron chi connectivity index (χ3n) is 3.81. The van der Waals surface area contributed by atoms with Crippen LogP contribution >= 0.6 is 0 Å². The van der Waals surface area contributed by atoms with E-state index in [4.69, 9.17) is 0 Å². The van der Waals surface area contributed by atoms with E-state index < -0.39 is 12.1 Å². The molecule has 2 rings (SSSR count). The predicted molar refractivity (Wildman–Crippen MR) is 84.1 cm³/mol. The summed E-state index contributed by atoms with van der Waals surface area (Å²) in [6.07, 6.45) is 1.75. The van der Waals surface area contributed by atoms with Gasteiger partial charge >= 0.3 is 12.1 Å². The summed E-state index contributed by atoms with van der Waals surface area (Å²) < 4.78 is 37.1. The Morgan fingerprint density at radius 2 is 1.75 bits per heavy atom. The van der Waals surface area contributed by atoms with Crippen LogP contribution in [0.2, 0.25) is 0 Å². The standard InChI is InChI=1S/C17H19F3N2O2/c18-17(19,20)16(24)22-14-9-5-4-8-13(14)11-21-15(23)10-12-6-2-1-3-7-12/h4-5,8-10H,1-3,6-7,11H2,(H,21,23)(H,22,24). The Bertz CT molecular complexity index is 631. The minimum absolute atomic E-state index is 0.0328. The lowest BCUT2D eigenvalue weighted by Gasteiger charge is -2.14. The first kappa shape index (κ1) is 18.0. The van der Waals surface area contributed by atoms with E-state index in [0.717, 1.165) is 31.3 Å². The fourth-order valence-electron chi connectivity index (χ4n) is 2.56. The van der Waals surface area contributed by atoms with Crippen LogP contribution in [-0.2, 0) is 16.1 Å². The topological polar surface area (TPSA) is 58.2 Å². The van der Waals surface area contributed by atoms with E-state index in [-0.39, 0.29) is 18.1 Å². The summed E-state index contributed by atoms with van der Waals surface area (Å²) in [7, 11) is 0. The highest BCUT2D eigenvalue weighted by molar-refractivity contribution is 5.95. The van der Waals surface area contributed by atoms with Crippen molar-refractivity contribution < 1.29 is 22.8 Å². The number of rotatable bonds is 4. The van der Waals surface area contributed by atoms with Gasteiger partial charge in [0.1, 0.15) is 0 Å². The molecule has 130 valence electrons. The molecule has 0 saturated heterocycles. The molecule has 7 heteroatoms. The largest absolute Gasteiger partial charge is 0.471 e. The van der Waals surface area contributed by atoms with Crippen LogP contribution in [0.25, 0.3) is 0 Å². The van der Waals surface area contributed by atoms with Gasteiger partial charge in [-0.3, -0.25) is 9.59 Å². The van der Waals surface area contributed by atoms with Gasteiger partial charge in [0.05, 0.1) is 0 Å². The molecule has 1 aliphatic rings. The number of anilines is 1. The fraction of sp³-hybridized carbons (Fsp3) is 0.412. The molecule has 4 nitrogen and oxygen atoms in total. The summed E-state index contributed by atoms with van der Waals surface area (Å²) in [5.74, 6) is -2.31. The molecule has 1 saturated carbocycles. The zero-order chi connectivity index (χ0) is 17.6. The van der Waals surface area contributed by atoms with E-state index in [9.17, 15) is 22.8 Å². The zero-order valence-electron chi connectivity index (χ0n) is 13.1. The lowest BCUT2D eigenvalue weighted by Crippen LogP contribution is -2.31. The Kier molecular flexibility index (Phi) is 6.00. The van der Waals surface area contributed by atoms with E-state index in [1.54, 1.807) is 18.2 Å². The summed E-state index contributed by atoms with van der Waals surface area (Å²) in [5, 5.41) is 4.48. The molecule has 1 aromatic rings. The normalized spacial score (nSPS) is 14.9. The number of amides is 2. The highest BCUT2D eigenvalue weighted by Crippen LogP contribution is 2.23. The predicted octanol–water partition coefficient (Wildman–Crippen LogP) is 3.69. The highest BCUT2D eigenvalue weighted by Gasteiger charge is 2.38. The monoisotopic (exact) mass is 340 g/mol. The SMILES string of the molecule is O=C(C=C1CCCCC1)NCc1ccccc1NC(=O)C(F)(F)F. The molecule has 0 aliphatic heterocycles. The van der Waals surface area contributed by atoms with Gasteiger partial charge in [-0.25, -0.2) is 0 Å². The molecule has 1 fully saturated rings. The van der Waals surface area contributed by atoms with Crippen LogP contribution in [-0.4, -0.2) is 18.0 Å². The van der Waals surface area contributed by atoms with E-state index >= 15 is 0 Å². The minimum Gasteiger partial charge on any atom is -0.348 e. The van der Waals surface area contributed by atoms with E-state index in [0.29, 0.717) is 5.56 Å². The smallest absolute Gasteiger partial charge is 0.348 e. The van der Waals surface area contributed by atoms with Gasteiger partial charge < -0.3 is 10.6 Å². The van der Waals surface area contributed by atoms with Crippen molar-refractivity contribution in [3.63, 3.8) is 0 Å². The fourth-order valence-corrected chi connectivity index (χ4v) is 2.56. The molecule has 2 N–H and O–H groups in total. The molecular formula is C17H19F3N2O2. The second kappa shape index (κ2) is 7.99. The van der Waals surface area contributed by atoms with Crippen LogP contribution < -0.4 is 10.6 Å². The second-order valence-corrected chi connectivity index (χ2v) is 5.69. The van der Waals surface area contributed by atoms with Gasteiger partial charge in [0.15, 0.2) is 0 Å². The van der Waals surface area contributed by atoms with Gasteiger partial charge in [-0.05, 0) is 37.3 Å². The lowest BCUT2D eigenvalue weighted by atomic mass is 9.94. The number of hydrogen-bond acceptors (Lipinski definition) is 2. The van der Waals surface area contributed by atoms with Crippen LogP contribution in [0.4, 0.5) is 18.9 Å². The molecule has 0 atom stereocenters. The van der Waals surface area contributed by atoms with Crippen LogP contribution in [0.5, 0.6) is 0 Å². The molecule has 0 aromatic heterocycles. The highest BCUT2D eigenvalue weighted by atomic mass is 19.4. The second-order valence-electron chi connectivity index (χ2n) is 5.69. The Balaban J connectivity index is 1.97. The van der Waals surface area contributed by atoms with Crippen molar-refractivity contribution in [3.8, 4) is 0 Å². The number of allylic oxidation sites excluding steroid dienone is 1. The third kappa shape index (κ3) is 5.40. The van der Waals surface area contributed by atoms with Crippen molar-refractivity contribution in [2.45, 2.75) is 44.8 Å². The summed E-state index contributed by atoms with van der Waals surface area (Å²) in [6.45, 7) is 0.0386. The van der Waals surface area contributed by atoms with Gasteiger partial charge in [-0.1, -0.05) is 30.2 Å². The number of halogens is 3. The number of hydrogen-bond donors (Lipinski definition) is 2. The van der Waals surface area contributed by atoms with Gasteiger partial charge in [-0.15, -0.1) is 0 Å². The molecule has 24 heavy (non-hydrogen) atoms. The number of para-hydroxylation sites is 1. The Labute approximate surface area is 138 Å². The van der Waals surface area contributed by atoms with Crippen LogP contribution in [0, 0.1) is 0 Å². The van der Waals surface area contributed by atoms with Crippen molar-refractivity contribution in [1.82, 2.24) is 5.32 Å². The lowest BCUT2D eigenvalue weighted by molar-refractivity contribution is -0.167. The number of alkyl halides is 3. The van der Waals surface area contributed by atoms with Crippen LogP contribution in [0.15, 0.2) is 35.9 Å². The Morgan fingerprint density at radius 1 is 1.08 bits per heavy atom. The first-order valence-corrected chi connectivity index (χ1v) is 7.79. The minimum atomic E-state index is -4.96. The van der Waals surface area contributed by atoms with Crippen molar-refractivity contribution in [3.05, 3.63) is 41.5 Å². The molecule has 1 aromatic carbocycles. The number of nitrogens with one attached hydrogen (secondary N) is 2. The summed E-state index contributed by atoms with van der Waals surface area (Å²) in [4.78, 5) is 23.0. The maximum atomic E-state index is 12.4. The van der Waals surface area contributed by atoms with E-state index in [1.165, 1.54) is 18.6 Å². The molecule has 0 spiro atoms. The first-order valence-electron chi connectivity index (χ1n) is 7.79. The van der Waals surface area contributed by atoms with Crippen LogP contribution in [0.3, 0.4) is 0 Å². The summed E-state index contributed by atoms with van der Waals surface area (Å²) >= 11 is 0. The average molecular weight is 340 g/mol. The van der Waals surface area contributed by atoms with Gasteiger partial charge in [0, 0.05) is 18.3 Å². The summed E-state index contributed by atoms with van der Waals surface area (Å²) in [5.41, 5.74) is 1.54. The number of benzene rings is 1. The maximum absolute atomic E-state index is 12.4. The molecule has 0 unspecified atom stereocenters. The average Bonchev–Trinajstić information content (AvgIpc) is 2.54. The molecule has 1 aliphatic carbocycles. The Morgan fingerprint density at radius 3 is 2.42 bits per heavy atom. The van der Waals surface area contributed by atoms with Crippen LogP contribution in [0.1, 0.15) is 37.7 Å². The van der Waals surface area contributed by atoms with E-state index in [2.05, 4.69) is 5.32 Å². The van der Waals surface area contributed by atoms with Gasteiger partial charge in [0.2, 0.25) is 5.91 Å². The number of carbonyl (C=O) groups is 2. The molecule has 2 amide bonds. The Hall–Kier alpha value is -2.31. The summed E-state index contributed by atoms with van der Waals surface area (Å²) in [6, 6.07) is 6.07. The zero-order valence-corrected chi connectivity index (χ0v) is 13.1. The molecule has 0 bridgehead atoms. The molecule has 0 radical (unpaired) electrons. The van der Waals surface area contributed by atoms with Gasteiger partial charge in [0.25, 0.3) is 0 Å². The number of carbonyl (C=O) groups excluding carboxylic acids is 2. The van der Waals surface area contributed by atoms with Crippen molar-refractivity contribution in [1.29, 1.82) is 0 Å². The quantitative estimate of drug-likeness (QED) is 0.821. The molecular weight excluding hydrogens is 321 g/mol. The van der Waals surface area contributed by atoms with Gasteiger partial charge in [-0.2, -0.15) is 13.2 Å². The van der Waals surface area contributed by atoms with E-state index in [1.807, 2.05) is 5.32 Å². The molecule has 0 heterocycles. The van der Waals surface area contributed by atoms with Crippen molar-refractivity contribution in [2.75, 3.05) is 5.32 Å². The maximum Gasteiger partial charge on any atom is 0.471 e. The van der Waals surface area contributed by atoms with Crippen molar-refractivity contribution in [2.24, 2.45) is 0 Å². The van der Waals surface area contributed by atoms with Crippen molar-refractivity contribution >= 4 is 17.5 Å². The first-order chi connectivity index (χ1) is 11.4.